The molecule has 0 spiro atoms. The van der Waals surface area contributed by atoms with Gasteiger partial charge >= 0.3 is 0 Å². The molecule has 0 atom stereocenters. The van der Waals surface area contributed by atoms with Crippen LogP contribution in [0.4, 0.5) is 17.2 Å². The SMILES string of the molecule is Cc1nc(Cl)nc(Nc2cccc(I)c2C)c1N. The minimum absolute atomic E-state index is 0.187. The van der Waals surface area contributed by atoms with E-state index in [0.29, 0.717) is 17.2 Å². The zero-order valence-electron chi connectivity index (χ0n) is 9.96. The number of nitrogens with zero attached hydrogens (tertiary/aromatic N) is 2. The molecule has 6 heteroatoms. The first-order chi connectivity index (χ1) is 8.49. The maximum atomic E-state index is 5.94. The lowest BCUT2D eigenvalue weighted by Gasteiger charge is -2.13. The van der Waals surface area contributed by atoms with Gasteiger partial charge in [0.05, 0.1) is 11.4 Å². The minimum atomic E-state index is 0.187. The fourth-order valence-electron chi connectivity index (χ4n) is 1.51. The average Bonchev–Trinajstić information content (AvgIpc) is 2.31. The molecule has 94 valence electrons. The molecule has 2 aromatic rings. The molecule has 2 rings (SSSR count). The van der Waals surface area contributed by atoms with Crippen LogP contribution in [-0.4, -0.2) is 9.97 Å². The predicted molar refractivity (Wildman–Crippen MR) is 83.4 cm³/mol. The lowest BCUT2D eigenvalue weighted by atomic mass is 10.2. The van der Waals surface area contributed by atoms with Gasteiger partial charge in [-0.25, -0.2) is 4.98 Å². The molecular weight excluding hydrogens is 363 g/mol. The monoisotopic (exact) mass is 374 g/mol. The van der Waals surface area contributed by atoms with Crippen LogP contribution in [0.2, 0.25) is 5.28 Å². The van der Waals surface area contributed by atoms with E-state index >= 15 is 0 Å². The van der Waals surface area contributed by atoms with Crippen LogP contribution in [0.3, 0.4) is 0 Å². The number of benzene rings is 1. The highest BCUT2D eigenvalue weighted by Crippen LogP contribution is 2.27. The number of hydrogen-bond acceptors (Lipinski definition) is 4. The van der Waals surface area contributed by atoms with Gasteiger partial charge in [-0.05, 0) is 65.7 Å². The van der Waals surface area contributed by atoms with Crippen molar-refractivity contribution in [2.75, 3.05) is 11.1 Å². The molecule has 0 aliphatic heterocycles. The number of nitrogen functional groups attached to an aromatic ring is 1. The molecule has 0 saturated heterocycles. The van der Waals surface area contributed by atoms with E-state index in [9.17, 15) is 0 Å². The van der Waals surface area contributed by atoms with E-state index in [-0.39, 0.29) is 5.28 Å². The topological polar surface area (TPSA) is 63.8 Å². The Bertz CT molecular complexity index is 601. The first-order valence-corrected chi connectivity index (χ1v) is 6.76. The molecule has 4 nitrogen and oxygen atoms in total. The number of aromatic nitrogens is 2. The predicted octanol–water partition coefficient (Wildman–Crippen LogP) is 3.68. The third-order valence-electron chi connectivity index (χ3n) is 2.63. The first-order valence-electron chi connectivity index (χ1n) is 5.31. The second-order valence-electron chi connectivity index (χ2n) is 3.88. The van der Waals surface area contributed by atoms with Crippen LogP contribution in [0.15, 0.2) is 18.2 Å². The van der Waals surface area contributed by atoms with Gasteiger partial charge in [-0.15, -0.1) is 0 Å². The summed E-state index contributed by atoms with van der Waals surface area (Å²) in [5.74, 6) is 0.539. The number of nitrogens with one attached hydrogen (secondary N) is 1. The number of aryl methyl sites for hydroxylation is 1. The Kier molecular flexibility index (Phi) is 3.91. The molecule has 0 amide bonds. The van der Waals surface area contributed by atoms with Gasteiger partial charge in [-0.1, -0.05) is 6.07 Å². The van der Waals surface area contributed by atoms with Gasteiger partial charge in [0.25, 0.3) is 0 Å². The maximum Gasteiger partial charge on any atom is 0.224 e. The normalized spacial score (nSPS) is 10.4. The van der Waals surface area contributed by atoms with E-state index < -0.39 is 0 Å². The molecular formula is C12H12ClIN4. The van der Waals surface area contributed by atoms with Gasteiger partial charge in [0.15, 0.2) is 5.82 Å². The molecule has 0 radical (unpaired) electrons. The maximum absolute atomic E-state index is 5.94. The Hall–Kier alpha value is -1.08. The third-order valence-corrected chi connectivity index (χ3v) is 3.97. The van der Waals surface area contributed by atoms with E-state index in [4.69, 9.17) is 17.3 Å². The van der Waals surface area contributed by atoms with E-state index in [2.05, 4.69) is 37.9 Å². The smallest absolute Gasteiger partial charge is 0.224 e. The summed E-state index contributed by atoms with van der Waals surface area (Å²) in [6, 6.07) is 5.99. The van der Waals surface area contributed by atoms with Crippen molar-refractivity contribution in [2.45, 2.75) is 13.8 Å². The molecule has 1 aromatic heterocycles. The molecule has 0 bridgehead atoms. The molecule has 0 saturated carbocycles. The highest BCUT2D eigenvalue weighted by Gasteiger charge is 2.09. The average molecular weight is 375 g/mol. The van der Waals surface area contributed by atoms with Gasteiger partial charge in [-0.3, -0.25) is 0 Å². The largest absolute Gasteiger partial charge is 0.394 e. The number of anilines is 3. The van der Waals surface area contributed by atoms with Crippen LogP contribution in [0.5, 0.6) is 0 Å². The molecule has 1 aromatic carbocycles. The van der Waals surface area contributed by atoms with Crippen LogP contribution in [-0.2, 0) is 0 Å². The molecule has 3 N–H and O–H groups in total. The van der Waals surface area contributed by atoms with Gasteiger partial charge in [0.2, 0.25) is 5.28 Å². The van der Waals surface area contributed by atoms with Crippen LogP contribution in [0.25, 0.3) is 0 Å². The van der Waals surface area contributed by atoms with Crippen LogP contribution in [0.1, 0.15) is 11.3 Å². The number of rotatable bonds is 2. The molecule has 0 unspecified atom stereocenters. The van der Waals surface area contributed by atoms with Crippen molar-refractivity contribution in [3.8, 4) is 0 Å². The van der Waals surface area contributed by atoms with E-state index in [0.717, 1.165) is 11.3 Å². The minimum Gasteiger partial charge on any atom is -0.394 e. The van der Waals surface area contributed by atoms with Crippen LogP contribution in [0, 0.1) is 17.4 Å². The van der Waals surface area contributed by atoms with Gasteiger partial charge in [-0.2, -0.15) is 4.98 Å². The number of nitrogens with two attached hydrogens (primary N) is 1. The second kappa shape index (κ2) is 5.27. The van der Waals surface area contributed by atoms with Crippen molar-refractivity contribution in [3.05, 3.63) is 38.3 Å². The molecule has 0 fully saturated rings. The third kappa shape index (κ3) is 2.67. The van der Waals surface area contributed by atoms with Crippen molar-refractivity contribution in [2.24, 2.45) is 0 Å². The van der Waals surface area contributed by atoms with E-state index in [1.165, 1.54) is 3.57 Å². The highest BCUT2D eigenvalue weighted by atomic mass is 127. The highest BCUT2D eigenvalue weighted by molar-refractivity contribution is 14.1. The number of hydrogen-bond donors (Lipinski definition) is 2. The summed E-state index contributed by atoms with van der Waals surface area (Å²) >= 11 is 8.12. The lowest BCUT2D eigenvalue weighted by molar-refractivity contribution is 1.11. The molecule has 0 aliphatic rings. The molecule has 1 heterocycles. The molecule has 18 heavy (non-hydrogen) atoms. The summed E-state index contributed by atoms with van der Waals surface area (Å²) in [7, 11) is 0. The van der Waals surface area contributed by atoms with Crippen LogP contribution < -0.4 is 11.1 Å². The summed E-state index contributed by atoms with van der Waals surface area (Å²) in [6.45, 7) is 3.84. The van der Waals surface area contributed by atoms with Crippen molar-refractivity contribution in [3.63, 3.8) is 0 Å². The van der Waals surface area contributed by atoms with E-state index in [1.807, 2.05) is 25.1 Å². The quantitative estimate of drug-likeness (QED) is 0.622. The summed E-state index contributed by atoms with van der Waals surface area (Å²) in [5, 5.41) is 3.39. The number of halogens is 2. The van der Waals surface area contributed by atoms with Gasteiger partial charge in [0.1, 0.15) is 0 Å². The van der Waals surface area contributed by atoms with E-state index in [1.54, 1.807) is 6.92 Å². The Morgan fingerprint density at radius 1 is 1.28 bits per heavy atom. The fourth-order valence-corrected chi connectivity index (χ4v) is 2.22. The molecule has 0 aliphatic carbocycles. The Morgan fingerprint density at radius 2 is 2.00 bits per heavy atom. The summed E-state index contributed by atoms with van der Waals surface area (Å²) in [6.07, 6.45) is 0. The second-order valence-corrected chi connectivity index (χ2v) is 5.38. The standard InChI is InChI=1S/C12H12ClIN4/c1-6-8(14)4-3-5-9(6)17-11-10(15)7(2)16-12(13)18-11/h3-5H,15H2,1-2H3,(H,16,17,18). The Balaban J connectivity index is 2.43. The zero-order valence-corrected chi connectivity index (χ0v) is 12.9. The zero-order chi connectivity index (χ0) is 13.3. The van der Waals surface area contributed by atoms with Gasteiger partial charge < -0.3 is 11.1 Å². The Morgan fingerprint density at radius 3 is 2.72 bits per heavy atom. The van der Waals surface area contributed by atoms with Gasteiger partial charge in [0, 0.05) is 9.26 Å². The van der Waals surface area contributed by atoms with Crippen molar-refractivity contribution >= 4 is 51.4 Å². The summed E-state index contributed by atoms with van der Waals surface area (Å²) < 4.78 is 1.17. The van der Waals surface area contributed by atoms with Crippen molar-refractivity contribution in [1.29, 1.82) is 0 Å². The Labute approximate surface area is 124 Å². The fraction of sp³-hybridized carbons (Fsp3) is 0.167. The summed E-state index contributed by atoms with van der Waals surface area (Å²) in [5.41, 5.74) is 9.22. The van der Waals surface area contributed by atoms with Crippen molar-refractivity contribution < 1.29 is 0 Å². The van der Waals surface area contributed by atoms with Crippen molar-refractivity contribution in [1.82, 2.24) is 9.97 Å². The lowest BCUT2D eigenvalue weighted by Crippen LogP contribution is -2.05. The summed E-state index contributed by atoms with van der Waals surface area (Å²) in [4.78, 5) is 8.12. The van der Waals surface area contributed by atoms with Crippen LogP contribution >= 0.6 is 34.2 Å². The first kappa shape index (κ1) is 13.4.